The minimum Gasteiger partial charge on any atom is -0.383 e. The molecular weight excluding hydrogens is 390 g/mol. The highest BCUT2D eigenvalue weighted by Crippen LogP contribution is 2.35. The Balaban J connectivity index is 1.59. The second kappa shape index (κ2) is 9.28. The largest absolute Gasteiger partial charge is 0.383 e. The van der Waals surface area contributed by atoms with Gasteiger partial charge in [0.15, 0.2) is 5.16 Å². The summed E-state index contributed by atoms with van der Waals surface area (Å²) in [6, 6.07) is 0.665. The molecule has 28 heavy (non-hydrogen) atoms. The van der Waals surface area contributed by atoms with Crippen molar-refractivity contribution in [1.29, 1.82) is 0 Å². The number of aromatic nitrogens is 2. The maximum absolute atomic E-state index is 13.4. The van der Waals surface area contributed by atoms with Gasteiger partial charge in [0, 0.05) is 23.8 Å². The second-order valence-corrected chi connectivity index (χ2v) is 10.1. The van der Waals surface area contributed by atoms with Crippen molar-refractivity contribution in [3.63, 3.8) is 0 Å². The van der Waals surface area contributed by atoms with Crippen molar-refractivity contribution >= 4 is 33.3 Å². The Kier molecular flexibility index (Phi) is 6.76. The van der Waals surface area contributed by atoms with E-state index in [-0.39, 0.29) is 5.56 Å². The average molecular weight is 422 g/mol. The van der Waals surface area contributed by atoms with Crippen molar-refractivity contribution in [2.45, 2.75) is 69.1 Å². The first-order chi connectivity index (χ1) is 13.7. The highest BCUT2D eigenvalue weighted by atomic mass is 32.2. The first kappa shape index (κ1) is 20.4. The molecule has 0 spiro atoms. The molecule has 3 heterocycles. The lowest BCUT2D eigenvalue weighted by molar-refractivity contribution is 0.181. The maximum Gasteiger partial charge on any atom is 0.263 e. The Morgan fingerprint density at radius 1 is 1.25 bits per heavy atom. The number of thiophene rings is 1. The number of methoxy groups -OCH3 is 1. The van der Waals surface area contributed by atoms with Gasteiger partial charge in [0.05, 0.1) is 18.5 Å². The Bertz CT molecular complexity index is 877. The molecule has 0 amide bonds. The summed E-state index contributed by atoms with van der Waals surface area (Å²) in [5, 5.41) is 1.75. The molecule has 1 fully saturated rings. The van der Waals surface area contributed by atoms with Crippen LogP contribution in [0.5, 0.6) is 0 Å². The van der Waals surface area contributed by atoms with Crippen LogP contribution in [0.15, 0.2) is 9.95 Å². The molecule has 5 nitrogen and oxygen atoms in total. The zero-order chi connectivity index (χ0) is 19.5. The van der Waals surface area contributed by atoms with Crippen LogP contribution < -0.4 is 5.56 Å². The van der Waals surface area contributed by atoms with Crippen molar-refractivity contribution < 1.29 is 4.74 Å². The number of nitrogens with zero attached hydrogens (tertiary/aromatic N) is 3. The predicted octanol–water partition coefficient (Wildman–Crippen LogP) is 3.95. The second-order valence-electron chi connectivity index (χ2n) is 8.00. The van der Waals surface area contributed by atoms with Gasteiger partial charge in [-0.3, -0.25) is 9.36 Å². The van der Waals surface area contributed by atoms with Crippen molar-refractivity contribution in [3.8, 4) is 0 Å². The summed E-state index contributed by atoms with van der Waals surface area (Å²) in [4.78, 5) is 23.2. The SMILES string of the molecule is COCCn1c(SCCC2CCCCN2C)nc2sc3c(c2c1=O)CCCC3. The summed E-state index contributed by atoms with van der Waals surface area (Å²) in [5.41, 5.74) is 1.41. The minimum absolute atomic E-state index is 0.138. The lowest BCUT2D eigenvalue weighted by Gasteiger charge is -2.32. The highest BCUT2D eigenvalue weighted by Gasteiger charge is 2.23. The van der Waals surface area contributed by atoms with Gasteiger partial charge in [-0.2, -0.15) is 0 Å². The molecule has 0 aromatic carbocycles. The van der Waals surface area contributed by atoms with Crippen LogP contribution in [-0.4, -0.2) is 53.6 Å². The standard InChI is InChI=1S/C21H31N3O2S2/c1-23-11-6-5-7-15(23)10-14-27-21-22-19-18(20(25)24(21)12-13-26-2)16-8-3-4-9-17(16)28-19/h15H,3-14H2,1-2H3. The number of fused-ring (bicyclic) bond motifs is 3. The lowest BCUT2D eigenvalue weighted by atomic mass is 9.97. The van der Waals surface area contributed by atoms with Gasteiger partial charge >= 0.3 is 0 Å². The lowest BCUT2D eigenvalue weighted by Crippen LogP contribution is -2.36. The number of thioether (sulfide) groups is 1. The number of ether oxygens (including phenoxy) is 1. The molecule has 0 radical (unpaired) electrons. The van der Waals surface area contributed by atoms with E-state index in [1.165, 1.54) is 49.1 Å². The van der Waals surface area contributed by atoms with Gasteiger partial charge in [-0.05, 0) is 64.1 Å². The zero-order valence-electron chi connectivity index (χ0n) is 17.0. The van der Waals surface area contributed by atoms with E-state index in [9.17, 15) is 4.79 Å². The van der Waals surface area contributed by atoms with Crippen LogP contribution in [0.25, 0.3) is 10.2 Å². The van der Waals surface area contributed by atoms with Gasteiger partial charge in [-0.25, -0.2) is 4.98 Å². The normalized spacial score (nSPS) is 20.6. The number of piperidine rings is 1. The number of rotatable bonds is 7. The molecule has 7 heteroatoms. The van der Waals surface area contributed by atoms with Crippen LogP contribution in [0, 0.1) is 0 Å². The van der Waals surface area contributed by atoms with E-state index in [0.29, 0.717) is 19.2 Å². The molecule has 1 atom stereocenters. The van der Waals surface area contributed by atoms with Crippen molar-refractivity contribution in [3.05, 3.63) is 20.8 Å². The Morgan fingerprint density at radius 2 is 2.11 bits per heavy atom. The van der Waals surface area contributed by atoms with Crippen LogP contribution in [0.3, 0.4) is 0 Å². The van der Waals surface area contributed by atoms with Gasteiger partial charge in [0.1, 0.15) is 4.83 Å². The molecule has 0 saturated carbocycles. The van der Waals surface area contributed by atoms with Crippen molar-refractivity contribution in [2.75, 3.05) is 33.1 Å². The summed E-state index contributed by atoms with van der Waals surface area (Å²) in [6.07, 6.45) is 9.64. The van der Waals surface area contributed by atoms with Crippen molar-refractivity contribution in [1.82, 2.24) is 14.5 Å². The predicted molar refractivity (Wildman–Crippen MR) is 118 cm³/mol. The molecule has 1 aliphatic carbocycles. The summed E-state index contributed by atoms with van der Waals surface area (Å²) >= 11 is 3.49. The molecule has 1 aliphatic heterocycles. The Hall–Kier alpha value is -0.890. The zero-order valence-corrected chi connectivity index (χ0v) is 18.7. The van der Waals surface area contributed by atoms with Crippen LogP contribution >= 0.6 is 23.1 Å². The molecule has 2 aliphatic rings. The van der Waals surface area contributed by atoms with Gasteiger partial charge in [0.2, 0.25) is 0 Å². The number of hydrogen-bond acceptors (Lipinski definition) is 6. The summed E-state index contributed by atoms with van der Waals surface area (Å²) in [6.45, 7) is 2.33. The summed E-state index contributed by atoms with van der Waals surface area (Å²) < 4.78 is 7.14. The van der Waals surface area contributed by atoms with Crippen molar-refractivity contribution in [2.24, 2.45) is 0 Å². The monoisotopic (exact) mass is 421 g/mol. The van der Waals surface area contributed by atoms with Gasteiger partial charge in [-0.15, -0.1) is 11.3 Å². The summed E-state index contributed by atoms with van der Waals surface area (Å²) in [7, 11) is 3.93. The quantitative estimate of drug-likeness (QED) is 0.500. The molecule has 0 N–H and O–H groups in total. The third kappa shape index (κ3) is 4.18. The molecular formula is C21H31N3O2S2. The van der Waals surface area contributed by atoms with Gasteiger partial charge in [-0.1, -0.05) is 18.2 Å². The van der Waals surface area contributed by atoms with Crippen LogP contribution in [-0.2, 0) is 24.1 Å². The van der Waals surface area contributed by atoms with E-state index in [4.69, 9.17) is 9.72 Å². The Labute approximate surface area is 175 Å². The fourth-order valence-corrected chi connectivity index (χ4v) is 6.87. The van der Waals surface area contributed by atoms with Gasteiger partial charge in [0.25, 0.3) is 5.56 Å². The van der Waals surface area contributed by atoms with E-state index in [1.54, 1.807) is 30.2 Å². The minimum atomic E-state index is 0.138. The molecule has 1 saturated heterocycles. The van der Waals surface area contributed by atoms with E-state index < -0.39 is 0 Å². The number of likely N-dealkylation sites (tertiary alicyclic amines) is 1. The fraction of sp³-hybridized carbons (Fsp3) is 0.714. The molecule has 0 bridgehead atoms. The van der Waals surface area contributed by atoms with E-state index >= 15 is 0 Å². The number of aryl methyl sites for hydroxylation is 2. The van der Waals surface area contributed by atoms with Crippen LogP contribution in [0.1, 0.15) is 49.0 Å². The first-order valence-electron chi connectivity index (χ1n) is 10.6. The fourth-order valence-electron chi connectivity index (χ4n) is 4.50. The highest BCUT2D eigenvalue weighted by molar-refractivity contribution is 7.99. The van der Waals surface area contributed by atoms with Gasteiger partial charge < -0.3 is 9.64 Å². The topological polar surface area (TPSA) is 47.4 Å². The van der Waals surface area contributed by atoms with E-state index in [1.807, 2.05) is 4.57 Å². The molecule has 2 aromatic heterocycles. The molecule has 4 rings (SSSR count). The first-order valence-corrected chi connectivity index (χ1v) is 12.4. The van der Waals surface area contributed by atoms with Crippen LogP contribution in [0.4, 0.5) is 0 Å². The molecule has 1 unspecified atom stereocenters. The molecule has 2 aromatic rings. The van der Waals surface area contributed by atoms with E-state index in [2.05, 4.69) is 11.9 Å². The summed E-state index contributed by atoms with van der Waals surface area (Å²) in [5.74, 6) is 1.00. The van der Waals surface area contributed by atoms with Crippen LogP contribution in [0.2, 0.25) is 0 Å². The smallest absolute Gasteiger partial charge is 0.263 e. The molecule has 154 valence electrons. The Morgan fingerprint density at radius 3 is 2.93 bits per heavy atom. The van der Waals surface area contributed by atoms with E-state index in [0.717, 1.165) is 40.4 Å². The average Bonchev–Trinajstić information content (AvgIpc) is 3.07. The third-order valence-electron chi connectivity index (χ3n) is 6.16. The third-order valence-corrected chi connectivity index (χ3v) is 8.36. The number of hydrogen-bond donors (Lipinski definition) is 0. The maximum atomic E-state index is 13.4.